The van der Waals surface area contributed by atoms with Crippen LogP contribution in [-0.4, -0.2) is 51.4 Å². The van der Waals surface area contributed by atoms with E-state index in [1.165, 1.54) is 37.7 Å². The minimum atomic E-state index is -1.26. The molecule has 9 heteroatoms. The topological polar surface area (TPSA) is 123 Å². The number of fused-ring (bicyclic) bond motifs is 17. The van der Waals surface area contributed by atoms with Crippen molar-refractivity contribution in [1.29, 1.82) is 0 Å². The molecule has 0 radical (unpaired) electrons. The lowest BCUT2D eigenvalue weighted by molar-refractivity contribution is 0.130. The van der Waals surface area contributed by atoms with Crippen LogP contribution in [0.2, 0.25) is 0 Å². The average Bonchev–Trinajstić information content (AvgIpc) is 1.57. The number of ether oxygens (including phenoxy) is 4. The molecule has 25 rings (SSSR count). The maximum atomic E-state index is 12.5. The first-order chi connectivity index (χ1) is 66.2. The highest BCUT2D eigenvalue weighted by atomic mass is 16.5. The standard InChI is InChI=1S/C39H27NO2.C38H26O2.C19H12O.C16H12O2.C14H12O/c1-40-36-20-18-24(38(41)32-14-6-2-10-26(32)27-11-3-7-15-33(27)38)22-30(36)31-23-25(19-21-37(31)40)39(42)34-16-8-4-12-28(34)29-13-5-9-17-35(29)39;39-37(33-13-5-1-9-29(33)30-10-2-6-14-34(30)37)27-21-17-25(18-22-27)26-19-23-28(24-20-26)38(40)35-15-7-3-11-31(35)32-12-4-8-16-36(32)38;1-2-12-20-17-11-9-15-7-6-13-4-3-5-14-8-10-16(17)19(15)18(13)14;1-3-9-17-15-11-13-7-5-6-8-14(13)12-16(15)18-10-4-2;1-2-3-10-15-14-9-8-12-6-4-5-7-13(12)11-14/h2-23,41-42H,1H3;1-24,39-40H;1,3-11H,12H2;1-2,5-8,11-12H,9-10H2;4-9,11H,10H2,1H3. The molecule has 0 fully saturated rings. The number of nitrogens with zero attached hydrogens (tertiary/aromatic N) is 1. The maximum absolute atomic E-state index is 12.5. The van der Waals surface area contributed by atoms with E-state index < -0.39 is 22.4 Å². The molecule has 0 saturated carbocycles. The van der Waals surface area contributed by atoms with Crippen LogP contribution in [0.4, 0.5) is 0 Å². The second-order valence-electron chi connectivity index (χ2n) is 34.2. The summed E-state index contributed by atoms with van der Waals surface area (Å²) in [5, 5.41) is 63.5. The first-order valence-electron chi connectivity index (χ1n) is 45.1. The summed E-state index contributed by atoms with van der Waals surface area (Å²) in [5.74, 6) is 16.0. The van der Waals surface area contributed by atoms with Crippen molar-refractivity contribution in [3.05, 3.63) is 479 Å². The number of aromatic nitrogens is 1. The van der Waals surface area contributed by atoms with Gasteiger partial charge >= 0.3 is 0 Å². The Morgan fingerprint density at radius 2 is 0.548 bits per heavy atom. The zero-order chi connectivity index (χ0) is 91.9. The summed E-state index contributed by atoms with van der Waals surface area (Å²) in [5.41, 5.74) is 18.6. The van der Waals surface area contributed by atoms with E-state index in [1.54, 1.807) is 0 Å². The van der Waals surface area contributed by atoms with Gasteiger partial charge in [0.1, 0.15) is 60.3 Å². The number of aliphatic hydroxyl groups is 4. The Bertz CT molecular complexity index is 7860. The fourth-order valence-electron chi connectivity index (χ4n) is 20.6. The van der Waals surface area contributed by atoms with Gasteiger partial charge in [-0.1, -0.05) is 376 Å². The van der Waals surface area contributed by atoms with Gasteiger partial charge in [-0.15, -0.1) is 25.2 Å². The number of benzene rings is 20. The van der Waals surface area contributed by atoms with Crippen molar-refractivity contribution in [3.63, 3.8) is 0 Å². The molecule has 646 valence electrons. The van der Waals surface area contributed by atoms with Crippen molar-refractivity contribution in [1.82, 2.24) is 4.57 Å². The molecule has 21 aromatic rings. The monoisotopic (exact) mass is 1740 g/mol. The van der Waals surface area contributed by atoms with Gasteiger partial charge < -0.3 is 43.9 Å². The summed E-state index contributed by atoms with van der Waals surface area (Å²) in [6.07, 6.45) is 15.7. The predicted molar refractivity (Wildman–Crippen MR) is 548 cm³/mol. The highest BCUT2D eigenvalue weighted by Gasteiger charge is 2.47. The van der Waals surface area contributed by atoms with Crippen LogP contribution in [-0.2, 0) is 29.5 Å². The molecule has 4 aliphatic rings. The van der Waals surface area contributed by atoms with Crippen LogP contribution in [0.25, 0.3) is 131 Å². The smallest absolute Gasteiger partial charge is 0.163 e. The minimum absolute atomic E-state index is 0.199. The Morgan fingerprint density at radius 3 is 0.919 bits per heavy atom. The Morgan fingerprint density at radius 1 is 0.252 bits per heavy atom. The molecule has 0 unspecified atom stereocenters. The summed E-state index contributed by atoms with van der Waals surface area (Å²) >= 11 is 0. The quantitative estimate of drug-likeness (QED) is 0.0665. The molecule has 0 atom stereocenters. The molecule has 0 saturated heterocycles. The molecule has 1 heterocycles. The number of aryl methyl sites for hydroxylation is 1. The third-order valence-corrected chi connectivity index (χ3v) is 26.9. The molecule has 0 spiro atoms. The molecule has 0 aliphatic heterocycles. The summed E-state index contributed by atoms with van der Waals surface area (Å²) in [6.45, 7) is 2.96. The fraction of sp³-hybridized carbons (Fsp3) is 0.0794. The van der Waals surface area contributed by atoms with Crippen LogP contribution >= 0.6 is 0 Å². The van der Waals surface area contributed by atoms with E-state index >= 15 is 0 Å². The maximum Gasteiger partial charge on any atom is 0.163 e. The van der Waals surface area contributed by atoms with Crippen molar-refractivity contribution in [2.75, 3.05) is 26.4 Å². The van der Waals surface area contributed by atoms with Crippen molar-refractivity contribution < 1.29 is 39.4 Å². The van der Waals surface area contributed by atoms with Gasteiger partial charge in [-0.2, -0.15) is 0 Å². The third kappa shape index (κ3) is 14.6. The number of hydrogen-bond acceptors (Lipinski definition) is 8. The van der Waals surface area contributed by atoms with E-state index in [9.17, 15) is 20.4 Å². The fourth-order valence-corrected chi connectivity index (χ4v) is 20.6. The Kier molecular flexibility index (Phi) is 22.2. The number of rotatable bonds is 13. The van der Waals surface area contributed by atoms with E-state index in [0.29, 0.717) is 24.7 Å². The van der Waals surface area contributed by atoms with E-state index in [4.69, 9.17) is 38.2 Å². The number of terminal acetylenes is 3. The highest BCUT2D eigenvalue weighted by molar-refractivity contribution is 6.24. The lowest BCUT2D eigenvalue weighted by Crippen LogP contribution is -2.26. The van der Waals surface area contributed by atoms with Crippen molar-refractivity contribution in [3.8, 4) is 128 Å². The van der Waals surface area contributed by atoms with Gasteiger partial charge in [0.05, 0.1) is 0 Å². The van der Waals surface area contributed by atoms with Gasteiger partial charge in [-0.25, -0.2) is 0 Å². The largest absolute Gasteiger partial charge is 0.481 e. The third-order valence-electron chi connectivity index (χ3n) is 26.9. The van der Waals surface area contributed by atoms with Crippen molar-refractivity contribution >= 4 is 75.7 Å². The average molecular weight is 1750 g/mol. The number of hydrogen-bond donors (Lipinski definition) is 4. The van der Waals surface area contributed by atoms with Crippen LogP contribution in [0.3, 0.4) is 0 Å². The van der Waals surface area contributed by atoms with E-state index in [-0.39, 0.29) is 13.2 Å². The first-order valence-corrected chi connectivity index (χ1v) is 45.1. The lowest BCUT2D eigenvalue weighted by atomic mass is 9.83. The van der Waals surface area contributed by atoms with Gasteiger partial charge in [0, 0.05) is 84.1 Å². The second-order valence-corrected chi connectivity index (χ2v) is 34.2. The zero-order valence-electron chi connectivity index (χ0n) is 74.2. The first kappa shape index (κ1) is 84.9. The summed E-state index contributed by atoms with van der Waals surface area (Å²) in [7, 11) is 2.08. The van der Waals surface area contributed by atoms with Gasteiger partial charge in [-0.3, -0.25) is 0 Å². The van der Waals surface area contributed by atoms with E-state index in [1.807, 2.05) is 244 Å². The Labute approximate surface area is 784 Å². The predicted octanol–water partition coefficient (Wildman–Crippen LogP) is 26.4. The Hall–Kier alpha value is -17.0. The van der Waals surface area contributed by atoms with Crippen molar-refractivity contribution in [2.45, 2.75) is 29.3 Å². The molecule has 1 aromatic heterocycles. The minimum Gasteiger partial charge on any atom is -0.481 e. The zero-order valence-corrected chi connectivity index (χ0v) is 74.2. The molecule has 9 nitrogen and oxygen atoms in total. The van der Waals surface area contributed by atoms with Crippen LogP contribution in [0.5, 0.6) is 23.0 Å². The van der Waals surface area contributed by atoms with Gasteiger partial charge in [0.2, 0.25) is 0 Å². The SMILES string of the molecule is C#CCOc1cc2ccccc2cc1OCC#C.C#CCOc1ccc2ccc3cccc4ccc1c2c34.CC#CCOc1ccc2ccccc2c1.Cn1c2ccc(C3(O)c4ccccc4-c4ccccc43)cc2c2cc(C3(O)c4ccccc4-c4ccccc43)ccc21.OC1(c2ccc(-c3ccc(C4(O)c5ccccc5-c5ccccc54)cc3)cc2)c2ccccc2-c2ccccc21. The normalized spacial score (nSPS) is 13.2. The molecular formula is C126H89NO8. The molecule has 135 heavy (non-hydrogen) atoms. The Balaban J connectivity index is 0.000000108. The summed E-state index contributed by atoms with van der Waals surface area (Å²) in [4.78, 5) is 0. The van der Waals surface area contributed by atoms with Crippen LogP contribution in [0.15, 0.2) is 413 Å². The van der Waals surface area contributed by atoms with Crippen LogP contribution < -0.4 is 18.9 Å². The summed E-state index contributed by atoms with van der Waals surface area (Å²) in [6, 6.07) is 139. The molecule has 20 aromatic carbocycles. The molecular weight excluding hydrogens is 1660 g/mol. The van der Waals surface area contributed by atoms with Crippen LogP contribution in [0.1, 0.15) is 73.7 Å². The molecule has 0 amide bonds. The van der Waals surface area contributed by atoms with Crippen molar-refractivity contribution in [2.24, 2.45) is 7.05 Å². The van der Waals surface area contributed by atoms with E-state index in [0.717, 1.165) is 172 Å². The lowest BCUT2D eigenvalue weighted by Gasteiger charge is -2.27. The summed E-state index contributed by atoms with van der Waals surface area (Å²) < 4.78 is 24.3. The van der Waals surface area contributed by atoms with Gasteiger partial charge in [-0.05, 0) is 189 Å². The highest BCUT2D eigenvalue weighted by Crippen LogP contribution is 2.57. The van der Waals surface area contributed by atoms with Gasteiger partial charge in [0.25, 0.3) is 0 Å². The molecule has 0 bridgehead atoms. The molecule has 4 aliphatic carbocycles. The second kappa shape index (κ2) is 35.4. The van der Waals surface area contributed by atoms with Gasteiger partial charge in [0.15, 0.2) is 11.5 Å². The van der Waals surface area contributed by atoms with Crippen LogP contribution in [0, 0.1) is 48.9 Å². The van der Waals surface area contributed by atoms with E-state index in [2.05, 4.69) is 217 Å². The molecule has 4 N–H and O–H groups in total.